The van der Waals surface area contributed by atoms with Crippen LogP contribution < -0.4 is 9.62 Å². The highest BCUT2D eigenvalue weighted by Gasteiger charge is 2.19. The zero-order valence-electron chi connectivity index (χ0n) is 15.5. The average molecular weight is 375 g/mol. The molecule has 26 heavy (non-hydrogen) atoms. The molecule has 1 amide bonds. The molecule has 0 fully saturated rings. The molecule has 0 saturated heterocycles. The van der Waals surface area contributed by atoms with Crippen LogP contribution in [0.2, 0.25) is 0 Å². The van der Waals surface area contributed by atoms with Gasteiger partial charge in [-0.25, -0.2) is 8.42 Å². The highest BCUT2D eigenvalue weighted by molar-refractivity contribution is 7.92. The number of sulfonamides is 1. The maximum atomic E-state index is 12.2. The van der Waals surface area contributed by atoms with E-state index in [1.165, 1.54) is 10.6 Å². The van der Waals surface area contributed by atoms with Gasteiger partial charge in [-0.15, -0.1) is 0 Å². The Morgan fingerprint density at radius 3 is 2.38 bits per heavy atom. The minimum absolute atomic E-state index is 0.0803. The maximum Gasteiger partial charge on any atom is 0.232 e. The molecule has 0 aliphatic carbocycles. The topological polar surface area (TPSA) is 66.5 Å². The third-order valence-corrected chi connectivity index (χ3v) is 5.55. The molecule has 0 saturated carbocycles. The number of rotatable bonds is 8. The van der Waals surface area contributed by atoms with Crippen LogP contribution in [0, 0.1) is 13.8 Å². The molecule has 6 heteroatoms. The fourth-order valence-corrected chi connectivity index (χ4v) is 3.74. The molecular weight excluding hydrogens is 348 g/mol. The molecular formula is C20H26N2O3S. The van der Waals surface area contributed by atoms with Gasteiger partial charge in [0.05, 0.1) is 18.5 Å². The molecule has 0 unspecified atom stereocenters. The van der Waals surface area contributed by atoms with Gasteiger partial charge in [0.15, 0.2) is 0 Å². The largest absolute Gasteiger partial charge is 0.354 e. The molecule has 5 nitrogen and oxygen atoms in total. The summed E-state index contributed by atoms with van der Waals surface area (Å²) in [7, 11) is -3.43. The molecule has 0 aromatic heterocycles. The Kier molecular flexibility index (Phi) is 6.80. The van der Waals surface area contributed by atoms with Crippen LogP contribution in [0.25, 0.3) is 0 Å². The zero-order valence-corrected chi connectivity index (χ0v) is 16.3. The van der Waals surface area contributed by atoms with E-state index >= 15 is 0 Å². The third-order valence-electron chi connectivity index (χ3n) is 4.37. The standard InChI is InChI=1S/C20H26N2O3S/c1-16-8-7-11-19(17(16)2)22(26(3,24)25)15-14-21-20(23)13-12-18-9-5-4-6-10-18/h4-11H,12-15H2,1-3H3,(H,21,23). The predicted molar refractivity (Wildman–Crippen MR) is 106 cm³/mol. The minimum Gasteiger partial charge on any atom is -0.354 e. The number of amides is 1. The lowest BCUT2D eigenvalue weighted by molar-refractivity contribution is -0.120. The fourth-order valence-electron chi connectivity index (χ4n) is 2.76. The van der Waals surface area contributed by atoms with Crippen molar-refractivity contribution in [1.82, 2.24) is 5.32 Å². The lowest BCUT2D eigenvalue weighted by Gasteiger charge is -2.25. The number of hydrogen-bond donors (Lipinski definition) is 1. The molecule has 140 valence electrons. The molecule has 1 N–H and O–H groups in total. The first-order valence-corrected chi connectivity index (χ1v) is 10.5. The van der Waals surface area contributed by atoms with Crippen molar-refractivity contribution in [1.29, 1.82) is 0 Å². The Morgan fingerprint density at radius 1 is 1.04 bits per heavy atom. The zero-order chi connectivity index (χ0) is 19.2. The number of carbonyl (C=O) groups excluding carboxylic acids is 1. The molecule has 0 bridgehead atoms. The average Bonchev–Trinajstić information content (AvgIpc) is 2.60. The molecule has 0 heterocycles. The Labute approximate surface area is 156 Å². The van der Waals surface area contributed by atoms with E-state index in [1.807, 2.05) is 56.3 Å². The van der Waals surface area contributed by atoms with Gasteiger partial charge in [-0.2, -0.15) is 0 Å². The van der Waals surface area contributed by atoms with Gasteiger partial charge in [-0.05, 0) is 43.0 Å². The number of benzene rings is 2. The van der Waals surface area contributed by atoms with Crippen molar-refractivity contribution < 1.29 is 13.2 Å². The first-order valence-electron chi connectivity index (χ1n) is 8.63. The monoisotopic (exact) mass is 374 g/mol. The van der Waals surface area contributed by atoms with Crippen LogP contribution in [0.3, 0.4) is 0 Å². The van der Waals surface area contributed by atoms with Crippen molar-refractivity contribution in [2.75, 3.05) is 23.7 Å². The van der Waals surface area contributed by atoms with E-state index in [0.717, 1.165) is 16.7 Å². The Bertz CT molecular complexity index is 849. The number of hydrogen-bond acceptors (Lipinski definition) is 3. The molecule has 0 aliphatic heterocycles. The van der Waals surface area contributed by atoms with Crippen LogP contribution in [0.4, 0.5) is 5.69 Å². The van der Waals surface area contributed by atoms with Gasteiger partial charge in [0.2, 0.25) is 15.9 Å². The normalized spacial score (nSPS) is 11.2. The van der Waals surface area contributed by atoms with Crippen molar-refractivity contribution in [2.24, 2.45) is 0 Å². The summed E-state index contributed by atoms with van der Waals surface area (Å²) in [6.07, 6.45) is 2.23. The van der Waals surface area contributed by atoms with E-state index < -0.39 is 10.0 Å². The third kappa shape index (κ3) is 5.59. The fraction of sp³-hybridized carbons (Fsp3) is 0.350. The van der Waals surface area contributed by atoms with Crippen molar-refractivity contribution in [3.8, 4) is 0 Å². The van der Waals surface area contributed by atoms with Gasteiger partial charge in [-0.3, -0.25) is 9.10 Å². The second-order valence-corrected chi connectivity index (χ2v) is 8.30. The summed E-state index contributed by atoms with van der Waals surface area (Å²) >= 11 is 0. The van der Waals surface area contributed by atoms with Crippen molar-refractivity contribution in [2.45, 2.75) is 26.7 Å². The van der Waals surface area contributed by atoms with Crippen molar-refractivity contribution >= 4 is 21.6 Å². The Morgan fingerprint density at radius 2 is 1.73 bits per heavy atom. The number of aryl methyl sites for hydroxylation is 2. The molecule has 0 aliphatic rings. The number of nitrogens with zero attached hydrogens (tertiary/aromatic N) is 1. The van der Waals surface area contributed by atoms with Crippen LogP contribution >= 0.6 is 0 Å². The maximum absolute atomic E-state index is 12.2. The highest BCUT2D eigenvalue weighted by atomic mass is 32.2. The van der Waals surface area contributed by atoms with Gasteiger partial charge in [0.25, 0.3) is 0 Å². The predicted octanol–water partition coefficient (Wildman–Crippen LogP) is 2.82. The van der Waals surface area contributed by atoms with E-state index in [0.29, 0.717) is 18.5 Å². The van der Waals surface area contributed by atoms with Crippen molar-refractivity contribution in [3.63, 3.8) is 0 Å². The van der Waals surface area contributed by atoms with E-state index in [4.69, 9.17) is 0 Å². The molecule has 0 atom stereocenters. The van der Waals surface area contributed by atoms with Gasteiger partial charge in [-0.1, -0.05) is 42.5 Å². The van der Waals surface area contributed by atoms with Gasteiger partial charge in [0.1, 0.15) is 0 Å². The van der Waals surface area contributed by atoms with Crippen LogP contribution in [0.5, 0.6) is 0 Å². The summed E-state index contributed by atoms with van der Waals surface area (Å²) in [4.78, 5) is 12.0. The van der Waals surface area contributed by atoms with Crippen molar-refractivity contribution in [3.05, 3.63) is 65.2 Å². The highest BCUT2D eigenvalue weighted by Crippen LogP contribution is 2.24. The summed E-state index contributed by atoms with van der Waals surface area (Å²) < 4.78 is 25.7. The van der Waals surface area contributed by atoms with Crippen LogP contribution in [-0.4, -0.2) is 33.7 Å². The quantitative estimate of drug-likeness (QED) is 0.773. The number of carbonyl (C=O) groups is 1. The lowest BCUT2D eigenvalue weighted by atomic mass is 10.1. The first kappa shape index (κ1) is 20.0. The van der Waals surface area contributed by atoms with Crippen LogP contribution in [0.1, 0.15) is 23.1 Å². The van der Waals surface area contributed by atoms with E-state index in [9.17, 15) is 13.2 Å². The molecule has 2 rings (SSSR count). The summed E-state index contributed by atoms with van der Waals surface area (Å²) in [5.74, 6) is -0.0803. The molecule has 0 radical (unpaired) electrons. The SMILES string of the molecule is Cc1cccc(N(CCNC(=O)CCc2ccccc2)S(C)(=O)=O)c1C. The molecule has 2 aromatic carbocycles. The number of anilines is 1. The van der Waals surface area contributed by atoms with E-state index in [1.54, 1.807) is 6.07 Å². The van der Waals surface area contributed by atoms with E-state index in [-0.39, 0.29) is 19.0 Å². The summed E-state index contributed by atoms with van der Waals surface area (Å²) in [5, 5.41) is 2.81. The molecule has 2 aromatic rings. The second-order valence-electron chi connectivity index (χ2n) is 6.39. The summed E-state index contributed by atoms with van der Waals surface area (Å²) in [6, 6.07) is 15.4. The van der Waals surface area contributed by atoms with Gasteiger partial charge in [0, 0.05) is 13.0 Å². The lowest BCUT2D eigenvalue weighted by Crippen LogP contribution is -2.38. The Hall–Kier alpha value is -2.34. The first-order chi connectivity index (χ1) is 12.3. The summed E-state index contributed by atoms with van der Waals surface area (Å²) in [6.45, 7) is 4.33. The van der Waals surface area contributed by atoms with Gasteiger partial charge < -0.3 is 5.32 Å². The summed E-state index contributed by atoms with van der Waals surface area (Å²) in [5.41, 5.74) is 3.72. The molecule has 0 spiro atoms. The minimum atomic E-state index is -3.43. The smallest absolute Gasteiger partial charge is 0.232 e. The Balaban J connectivity index is 1.94. The van der Waals surface area contributed by atoms with E-state index in [2.05, 4.69) is 5.32 Å². The van der Waals surface area contributed by atoms with Gasteiger partial charge >= 0.3 is 0 Å². The second kappa shape index (κ2) is 8.85. The van der Waals surface area contributed by atoms with Crippen LogP contribution in [-0.2, 0) is 21.2 Å². The number of nitrogens with one attached hydrogen (secondary N) is 1. The van der Waals surface area contributed by atoms with Crippen LogP contribution in [0.15, 0.2) is 48.5 Å².